The summed E-state index contributed by atoms with van der Waals surface area (Å²) < 4.78 is 49.7. The van der Waals surface area contributed by atoms with Crippen LogP contribution in [0.5, 0.6) is 0 Å². The lowest BCUT2D eigenvalue weighted by Crippen LogP contribution is -2.10. The SMILES string of the molecule is COC(=O)c1cc(C(=O)OC)cc(-n2c(C)cc(C(=O)CSc3ncc(C(F)(F)F)cc3Cl)c2C)c1. The number of methoxy groups -OCH3 is 2. The van der Waals surface area contributed by atoms with E-state index in [-0.39, 0.29) is 32.7 Å². The fraction of sp³-hybridized carbons (Fsp3) is 0.250. The predicted molar refractivity (Wildman–Crippen MR) is 127 cm³/mol. The molecule has 190 valence electrons. The lowest BCUT2D eigenvalue weighted by atomic mass is 10.1. The summed E-state index contributed by atoms with van der Waals surface area (Å²) in [5.74, 6) is -1.75. The number of aryl methyl sites for hydroxylation is 1. The molecule has 0 aliphatic heterocycles. The van der Waals surface area contributed by atoms with Crippen LogP contribution >= 0.6 is 23.4 Å². The predicted octanol–water partition coefficient (Wildman–Crippen LogP) is 5.71. The number of nitrogens with zero attached hydrogens (tertiary/aromatic N) is 2. The Morgan fingerprint density at radius 2 is 1.58 bits per heavy atom. The molecule has 0 aliphatic rings. The Labute approximate surface area is 213 Å². The molecule has 0 atom stereocenters. The zero-order valence-electron chi connectivity index (χ0n) is 19.5. The molecule has 0 amide bonds. The van der Waals surface area contributed by atoms with Gasteiger partial charge in [0.2, 0.25) is 0 Å². The van der Waals surface area contributed by atoms with Crippen molar-refractivity contribution in [2.24, 2.45) is 0 Å². The first-order chi connectivity index (χ1) is 16.9. The smallest absolute Gasteiger partial charge is 0.417 e. The zero-order valence-corrected chi connectivity index (χ0v) is 21.1. The summed E-state index contributed by atoms with van der Waals surface area (Å²) in [5.41, 5.74) is 1.22. The molecular formula is C24H20ClF3N2O5S. The van der Waals surface area contributed by atoms with Crippen LogP contribution in [0.4, 0.5) is 13.2 Å². The van der Waals surface area contributed by atoms with Gasteiger partial charge in [-0.3, -0.25) is 4.79 Å². The van der Waals surface area contributed by atoms with E-state index in [2.05, 4.69) is 4.98 Å². The number of benzene rings is 1. The van der Waals surface area contributed by atoms with E-state index in [1.54, 1.807) is 24.5 Å². The molecule has 0 fully saturated rings. The van der Waals surface area contributed by atoms with Crippen molar-refractivity contribution in [3.05, 3.63) is 75.2 Å². The molecule has 0 bridgehead atoms. The van der Waals surface area contributed by atoms with Crippen LogP contribution in [0.3, 0.4) is 0 Å². The number of hydrogen-bond acceptors (Lipinski definition) is 7. The minimum absolute atomic E-state index is 0.0975. The molecule has 1 aromatic carbocycles. The monoisotopic (exact) mass is 540 g/mol. The first-order valence-corrected chi connectivity index (χ1v) is 11.6. The first-order valence-electron chi connectivity index (χ1n) is 10.3. The molecule has 36 heavy (non-hydrogen) atoms. The van der Waals surface area contributed by atoms with Crippen molar-refractivity contribution in [1.82, 2.24) is 9.55 Å². The van der Waals surface area contributed by atoms with Gasteiger partial charge in [0.05, 0.1) is 41.7 Å². The number of carbonyl (C=O) groups is 3. The van der Waals surface area contributed by atoms with E-state index < -0.39 is 23.7 Å². The third-order valence-corrected chi connectivity index (χ3v) is 6.63. The molecule has 0 spiro atoms. The van der Waals surface area contributed by atoms with Crippen molar-refractivity contribution >= 4 is 41.1 Å². The average Bonchev–Trinajstić information content (AvgIpc) is 3.14. The number of rotatable bonds is 7. The van der Waals surface area contributed by atoms with Crippen LogP contribution < -0.4 is 0 Å². The summed E-state index contributed by atoms with van der Waals surface area (Å²) in [4.78, 5) is 41.0. The van der Waals surface area contributed by atoms with Crippen molar-refractivity contribution in [2.45, 2.75) is 25.0 Å². The summed E-state index contributed by atoms with van der Waals surface area (Å²) in [5, 5.41) is -0.108. The van der Waals surface area contributed by atoms with E-state index in [9.17, 15) is 27.6 Å². The second kappa shape index (κ2) is 10.8. The van der Waals surface area contributed by atoms with E-state index in [1.807, 2.05) is 0 Å². The first kappa shape index (κ1) is 27.3. The summed E-state index contributed by atoms with van der Waals surface area (Å²) in [6.07, 6.45) is -3.91. The maximum atomic E-state index is 13.0. The highest BCUT2D eigenvalue weighted by Gasteiger charge is 2.31. The van der Waals surface area contributed by atoms with Crippen molar-refractivity contribution in [3.63, 3.8) is 0 Å². The van der Waals surface area contributed by atoms with Crippen LogP contribution in [0.25, 0.3) is 5.69 Å². The molecule has 3 rings (SSSR count). The zero-order chi connectivity index (χ0) is 26.8. The topological polar surface area (TPSA) is 87.5 Å². The van der Waals surface area contributed by atoms with E-state index in [0.29, 0.717) is 28.8 Å². The van der Waals surface area contributed by atoms with Crippen LogP contribution in [0.2, 0.25) is 5.02 Å². The van der Waals surface area contributed by atoms with Crippen molar-refractivity contribution in [1.29, 1.82) is 0 Å². The Bertz CT molecular complexity index is 1320. The van der Waals surface area contributed by atoms with E-state index in [4.69, 9.17) is 21.1 Å². The fourth-order valence-electron chi connectivity index (χ4n) is 3.55. The summed E-state index contributed by atoms with van der Waals surface area (Å²) >= 11 is 6.85. The van der Waals surface area contributed by atoms with Gasteiger partial charge in [-0.05, 0) is 44.2 Å². The van der Waals surface area contributed by atoms with Crippen LogP contribution in [0.1, 0.15) is 48.0 Å². The number of aromatic nitrogens is 2. The highest BCUT2D eigenvalue weighted by molar-refractivity contribution is 8.00. The fourth-order valence-corrected chi connectivity index (χ4v) is 4.63. The number of carbonyl (C=O) groups excluding carboxylic acids is 3. The molecule has 3 aromatic rings. The van der Waals surface area contributed by atoms with Crippen LogP contribution in [-0.4, -0.2) is 47.2 Å². The van der Waals surface area contributed by atoms with Gasteiger partial charge in [0.15, 0.2) is 5.78 Å². The van der Waals surface area contributed by atoms with E-state index >= 15 is 0 Å². The number of pyridine rings is 1. The number of alkyl halides is 3. The third kappa shape index (κ3) is 5.73. The highest BCUT2D eigenvalue weighted by Crippen LogP contribution is 2.34. The molecule has 0 aliphatic carbocycles. The minimum Gasteiger partial charge on any atom is -0.465 e. The van der Waals surface area contributed by atoms with Gasteiger partial charge in [-0.25, -0.2) is 14.6 Å². The van der Waals surface area contributed by atoms with Gasteiger partial charge in [-0.2, -0.15) is 13.2 Å². The minimum atomic E-state index is -4.58. The lowest BCUT2D eigenvalue weighted by molar-refractivity contribution is -0.137. The van der Waals surface area contributed by atoms with Crippen molar-refractivity contribution in [2.75, 3.05) is 20.0 Å². The second-order valence-electron chi connectivity index (χ2n) is 7.59. The number of halogens is 4. The number of esters is 2. The summed E-state index contributed by atoms with van der Waals surface area (Å²) in [6.45, 7) is 3.44. The quantitative estimate of drug-likeness (QED) is 0.215. The number of thioether (sulfide) groups is 1. The molecule has 0 unspecified atom stereocenters. The molecule has 2 aromatic heterocycles. The van der Waals surface area contributed by atoms with Gasteiger partial charge < -0.3 is 14.0 Å². The van der Waals surface area contributed by atoms with E-state index in [0.717, 1.165) is 17.8 Å². The Hall–Kier alpha value is -3.31. The van der Waals surface area contributed by atoms with Gasteiger partial charge in [0.1, 0.15) is 5.03 Å². The molecule has 0 N–H and O–H groups in total. The normalized spacial score (nSPS) is 11.3. The Kier molecular flexibility index (Phi) is 8.15. The number of ether oxygens (including phenoxy) is 2. The molecule has 7 nitrogen and oxygen atoms in total. The second-order valence-corrected chi connectivity index (χ2v) is 8.96. The lowest BCUT2D eigenvalue weighted by Gasteiger charge is -2.13. The van der Waals surface area contributed by atoms with Crippen LogP contribution in [0, 0.1) is 13.8 Å². The molecule has 0 saturated carbocycles. The van der Waals surface area contributed by atoms with E-state index in [1.165, 1.54) is 32.4 Å². The highest BCUT2D eigenvalue weighted by atomic mass is 35.5. The molecule has 0 saturated heterocycles. The molecule has 2 heterocycles. The number of ketones is 1. The van der Waals surface area contributed by atoms with Gasteiger partial charge in [-0.15, -0.1) is 0 Å². The Morgan fingerprint density at radius 1 is 1.00 bits per heavy atom. The van der Waals surface area contributed by atoms with Crippen molar-refractivity contribution < 1.29 is 37.0 Å². The summed E-state index contributed by atoms with van der Waals surface area (Å²) in [6, 6.07) is 6.79. The number of hydrogen-bond donors (Lipinski definition) is 0. The third-order valence-electron chi connectivity index (χ3n) is 5.22. The van der Waals surface area contributed by atoms with Gasteiger partial charge in [-0.1, -0.05) is 23.4 Å². The van der Waals surface area contributed by atoms with Crippen LogP contribution in [-0.2, 0) is 15.7 Å². The maximum Gasteiger partial charge on any atom is 0.417 e. The Balaban J connectivity index is 1.92. The number of Topliss-reactive ketones (excluding diaryl/α,β-unsaturated/α-hetero) is 1. The Morgan fingerprint density at radius 3 is 2.08 bits per heavy atom. The van der Waals surface area contributed by atoms with Crippen molar-refractivity contribution in [3.8, 4) is 5.69 Å². The molecular weight excluding hydrogens is 521 g/mol. The summed E-state index contributed by atoms with van der Waals surface area (Å²) in [7, 11) is 2.43. The average molecular weight is 541 g/mol. The maximum absolute atomic E-state index is 13.0. The standard InChI is InChI=1S/C24H20ClF3N2O5S/c1-12-5-18(20(31)11-36-21-19(25)9-16(10-29-21)24(26,27)28)13(2)30(12)17-7-14(22(32)34-3)6-15(8-17)23(33)35-4/h5-10H,11H2,1-4H3. The van der Waals surface area contributed by atoms with Crippen LogP contribution in [0.15, 0.2) is 41.6 Å². The van der Waals surface area contributed by atoms with Gasteiger partial charge in [0.25, 0.3) is 0 Å². The molecule has 12 heteroatoms. The molecule has 0 radical (unpaired) electrons. The van der Waals surface area contributed by atoms with Gasteiger partial charge in [0, 0.05) is 28.8 Å². The van der Waals surface area contributed by atoms with Gasteiger partial charge >= 0.3 is 18.1 Å². The largest absolute Gasteiger partial charge is 0.465 e.